The molecular weight excluding hydrogens is 195 g/mol. The van der Waals surface area contributed by atoms with Crippen molar-refractivity contribution < 1.29 is 19.3 Å². The molecule has 0 aliphatic carbocycles. The maximum absolute atomic E-state index is 12.9. The Hall–Kier alpha value is -2.02. The fourth-order valence-corrected chi connectivity index (χ4v) is 0.861. The molecule has 0 aromatic heterocycles. The molecule has 0 bridgehead atoms. The predicted molar refractivity (Wildman–Crippen MR) is 42.3 cm³/mol. The monoisotopic (exact) mass is 200 g/mol. The summed E-state index contributed by atoms with van der Waals surface area (Å²) in [5.41, 5.74) is 0.360. The first kappa shape index (κ1) is 10.1. The molecule has 1 aromatic carbocycles. The number of hydrogen-bond donors (Lipinski definition) is 2. The van der Waals surface area contributed by atoms with Crippen LogP contribution in [0.5, 0.6) is 0 Å². The SMILES string of the molecule is O=C(NO)c1ccc([N+](=O)[O-])c(F)c1. The van der Waals surface area contributed by atoms with E-state index in [0.29, 0.717) is 6.07 Å². The van der Waals surface area contributed by atoms with Crippen molar-refractivity contribution in [3.8, 4) is 0 Å². The van der Waals surface area contributed by atoms with Crippen molar-refractivity contribution in [2.75, 3.05) is 0 Å². The number of benzene rings is 1. The van der Waals surface area contributed by atoms with Gasteiger partial charge >= 0.3 is 5.69 Å². The molecule has 0 saturated carbocycles. The average Bonchev–Trinajstić information content (AvgIpc) is 2.15. The van der Waals surface area contributed by atoms with Gasteiger partial charge in [-0.3, -0.25) is 20.1 Å². The quantitative estimate of drug-likeness (QED) is 0.420. The fourth-order valence-electron chi connectivity index (χ4n) is 0.861. The van der Waals surface area contributed by atoms with Gasteiger partial charge in [-0.1, -0.05) is 0 Å². The Balaban J connectivity index is 3.12. The zero-order valence-corrected chi connectivity index (χ0v) is 6.73. The van der Waals surface area contributed by atoms with Crippen LogP contribution in [0.2, 0.25) is 0 Å². The minimum Gasteiger partial charge on any atom is -0.288 e. The highest BCUT2D eigenvalue weighted by Gasteiger charge is 2.15. The van der Waals surface area contributed by atoms with Crippen molar-refractivity contribution >= 4 is 11.6 Å². The lowest BCUT2D eigenvalue weighted by Crippen LogP contribution is -2.18. The second kappa shape index (κ2) is 3.79. The third-order valence-corrected chi connectivity index (χ3v) is 1.51. The van der Waals surface area contributed by atoms with Gasteiger partial charge in [-0.2, -0.15) is 4.39 Å². The average molecular weight is 200 g/mol. The molecule has 0 aliphatic heterocycles. The molecule has 74 valence electrons. The number of hydrogen-bond acceptors (Lipinski definition) is 4. The summed E-state index contributed by atoms with van der Waals surface area (Å²) in [4.78, 5) is 20.0. The number of nitrogens with one attached hydrogen (secondary N) is 1. The summed E-state index contributed by atoms with van der Waals surface area (Å²) in [6, 6.07) is 2.55. The molecule has 0 atom stereocenters. The molecule has 1 amide bonds. The topological polar surface area (TPSA) is 92.5 Å². The minimum atomic E-state index is -1.13. The van der Waals surface area contributed by atoms with Crippen LogP contribution in [0.4, 0.5) is 10.1 Å². The van der Waals surface area contributed by atoms with Crippen LogP contribution in [0, 0.1) is 15.9 Å². The lowest BCUT2D eigenvalue weighted by Gasteiger charge is -1.98. The van der Waals surface area contributed by atoms with E-state index in [0.717, 1.165) is 12.1 Å². The Bertz CT molecular complexity index is 393. The van der Waals surface area contributed by atoms with Crippen LogP contribution in [0.25, 0.3) is 0 Å². The van der Waals surface area contributed by atoms with Gasteiger partial charge in [-0.15, -0.1) is 0 Å². The number of halogens is 1. The van der Waals surface area contributed by atoms with E-state index in [1.165, 1.54) is 5.48 Å². The summed E-state index contributed by atoms with van der Waals surface area (Å²) in [6.45, 7) is 0. The number of nitro benzene ring substituents is 1. The normalized spacial score (nSPS) is 9.57. The first-order valence-electron chi connectivity index (χ1n) is 3.44. The van der Waals surface area contributed by atoms with Gasteiger partial charge in [0, 0.05) is 11.6 Å². The van der Waals surface area contributed by atoms with Crippen molar-refractivity contribution in [3.05, 3.63) is 39.7 Å². The maximum Gasteiger partial charge on any atom is 0.304 e. The van der Waals surface area contributed by atoms with E-state index in [2.05, 4.69) is 0 Å². The largest absolute Gasteiger partial charge is 0.304 e. The van der Waals surface area contributed by atoms with Gasteiger partial charge in [0.1, 0.15) is 0 Å². The van der Waals surface area contributed by atoms with E-state index in [-0.39, 0.29) is 5.56 Å². The maximum atomic E-state index is 12.9. The van der Waals surface area contributed by atoms with Gasteiger partial charge < -0.3 is 0 Å². The van der Waals surface area contributed by atoms with Crippen LogP contribution in [0.15, 0.2) is 18.2 Å². The molecule has 0 aliphatic rings. The van der Waals surface area contributed by atoms with Gasteiger partial charge in [-0.05, 0) is 12.1 Å². The summed E-state index contributed by atoms with van der Waals surface area (Å²) in [6.07, 6.45) is 0. The van der Waals surface area contributed by atoms with Crippen LogP contribution >= 0.6 is 0 Å². The first-order valence-corrected chi connectivity index (χ1v) is 3.44. The lowest BCUT2D eigenvalue weighted by molar-refractivity contribution is -0.387. The van der Waals surface area contributed by atoms with Crippen molar-refractivity contribution in [1.82, 2.24) is 5.48 Å². The second-order valence-electron chi connectivity index (χ2n) is 2.36. The van der Waals surface area contributed by atoms with Crippen LogP contribution < -0.4 is 5.48 Å². The molecule has 0 radical (unpaired) electrons. The minimum absolute atomic E-state index is 0.199. The van der Waals surface area contributed by atoms with Crippen molar-refractivity contribution in [1.29, 1.82) is 0 Å². The van der Waals surface area contributed by atoms with Gasteiger partial charge in [0.15, 0.2) is 0 Å². The van der Waals surface area contributed by atoms with Gasteiger partial charge in [0.2, 0.25) is 5.82 Å². The number of carbonyl (C=O) groups is 1. The van der Waals surface area contributed by atoms with Crippen LogP contribution in [0.3, 0.4) is 0 Å². The molecule has 14 heavy (non-hydrogen) atoms. The smallest absolute Gasteiger partial charge is 0.288 e. The third kappa shape index (κ3) is 1.83. The lowest BCUT2D eigenvalue weighted by atomic mass is 10.2. The molecule has 0 fully saturated rings. The van der Waals surface area contributed by atoms with E-state index in [1.807, 2.05) is 0 Å². The highest BCUT2D eigenvalue weighted by Crippen LogP contribution is 2.17. The Morgan fingerprint density at radius 2 is 2.21 bits per heavy atom. The summed E-state index contributed by atoms with van der Waals surface area (Å²) in [5.74, 6) is -2.06. The number of amides is 1. The second-order valence-corrected chi connectivity index (χ2v) is 2.36. The summed E-state index contributed by atoms with van der Waals surface area (Å²) < 4.78 is 12.9. The van der Waals surface area contributed by atoms with Crippen molar-refractivity contribution in [2.45, 2.75) is 0 Å². The van der Waals surface area contributed by atoms with Crippen LogP contribution in [0.1, 0.15) is 10.4 Å². The number of nitro groups is 1. The van der Waals surface area contributed by atoms with E-state index < -0.39 is 22.3 Å². The molecular formula is C7H5FN2O4. The Kier molecular flexibility index (Phi) is 2.73. The third-order valence-electron chi connectivity index (χ3n) is 1.51. The van der Waals surface area contributed by atoms with Crippen LogP contribution in [-0.2, 0) is 0 Å². The van der Waals surface area contributed by atoms with E-state index in [9.17, 15) is 19.3 Å². The molecule has 0 heterocycles. The van der Waals surface area contributed by atoms with Gasteiger partial charge in [-0.25, -0.2) is 5.48 Å². The number of carbonyl (C=O) groups excluding carboxylic acids is 1. The molecule has 0 unspecified atom stereocenters. The Labute approximate surface area is 77.1 Å². The van der Waals surface area contributed by atoms with Gasteiger partial charge in [0.05, 0.1) is 4.92 Å². The zero-order chi connectivity index (χ0) is 10.7. The molecule has 1 rings (SSSR count). The van der Waals surface area contributed by atoms with Crippen molar-refractivity contribution in [2.24, 2.45) is 0 Å². The van der Waals surface area contributed by atoms with Crippen LogP contribution in [-0.4, -0.2) is 16.0 Å². The standard InChI is InChI=1S/C7H5FN2O4/c8-5-3-4(7(11)9-12)1-2-6(5)10(13)14/h1-3,12H,(H,9,11). The number of rotatable bonds is 2. The summed E-state index contributed by atoms with van der Waals surface area (Å²) >= 11 is 0. The zero-order valence-electron chi connectivity index (χ0n) is 6.73. The molecule has 1 aromatic rings. The number of hydroxylamine groups is 1. The Morgan fingerprint density at radius 1 is 1.57 bits per heavy atom. The Morgan fingerprint density at radius 3 is 2.64 bits per heavy atom. The molecule has 6 nitrogen and oxygen atoms in total. The molecule has 0 spiro atoms. The van der Waals surface area contributed by atoms with E-state index >= 15 is 0 Å². The summed E-state index contributed by atoms with van der Waals surface area (Å²) in [5, 5.41) is 18.4. The first-order chi connectivity index (χ1) is 6.56. The number of nitrogens with zero attached hydrogens (tertiary/aromatic N) is 1. The molecule has 7 heteroatoms. The van der Waals surface area contributed by atoms with E-state index in [1.54, 1.807) is 0 Å². The predicted octanol–water partition coefficient (Wildman–Crippen LogP) is 0.853. The van der Waals surface area contributed by atoms with E-state index in [4.69, 9.17) is 5.21 Å². The highest BCUT2D eigenvalue weighted by atomic mass is 19.1. The van der Waals surface area contributed by atoms with Crippen molar-refractivity contribution in [3.63, 3.8) is 0 Å². The molecule has 0 saturated heterocycles. The summed E-state index contributed by atoms with van der Waals surface area (Å²) in [7, 11) is 0. The highest BCUT2D eigenvalue weighted by molar-refractivity contribution is 5.93. The fraction of sp³-hybridized carbons (Fsp3) is 0. The van der Waals surface area contributed by atoms with Gasteiger partial charge in [0.25, 0.3) is 5.91 Å². The molecule has 2 N–H and O–H groups in total.